The van der Waals surface area contributed by atoms with Crippen molar-refractivity contribution in [2.24, 2.45) is 17.8 Å². The van der Waals surface area contributed by atoms with Gasteiger partial charge in [0.25, 0.3) is 0 Å². The maximum atomic E-state index is 12.1. The number of Topliss-reactive ketones (excluding diaryl/α,β-unsaturated/α-hetero) is 1. The molecule has 1 saturated heterocycles. The maximum Gasteiger partial charge on any atom is 0.137 e. The van der Waals surface area contributed by atoms with Crippen molar-refractivity contribution in [3.63, 3.8) is 0 Å². The summed E-state index contributed by atoms with van der Waals surface area (Å²) in [6.45, 7) is 9.27. The number of hydrogen-bond donors (Lipinski definition) is 0. The highest BCUT2D eigenvalue weighted by Gasteiger charge is 2.32. The van der Waals surface area contributed by atoms with Crippen LogP contribution in [0.3, 0.4) is 0 Å². The van der Waals surface area contributed by atoms with Crippen molar-refractivity contribution >= 4 is 5.78 Å². The molecule has 2 fully saturated rings. The summed E-state index contributed by atoms with van der Waals surface area (Å²) < 4.78 is 0. The predicted octanol–water partition coefficient (Wildman–Crippen LogP) is 3.50. The lowest BCUT2D eigenvalue weighted by atomic mass is 9.84. The molecule has 4 unspecified atom stereocenters. The molecular formula is C16H29NO. The van der Waals surface area contributed by atoms with Crippen LogP contribution in [-0.2, 0) is 4.79 Å². The van der Waals surface area contributed by atoms with Crippen LogP contribution in [0, 0.1) is 17.8 Å². The minimum atomic E-state index is 0.326. The van der Waals surface area contributed by atoms with E-state index in [0.29, 0.717) is 17.7 Å². The first-order valence-corrected chi connectivity index (χ1v) is 7.84. The lowest BCUT2D eigenvalue weighted by molar-refractivity contribution is -0.123. The van der Waals surface area contributed by atoms with Gasteiger partial charge < -0.3 is 0 Å². The smallest absolute Gasteiger partial charge is 0.137 e. The summed E-state index contributed by atoms with van der Waals surface area (Å²) in [6.07, 6.45) is 6.94. The molecule has 2 rings (SSSR count). The highest BCUT2D eigenvalue weighted by atomic mass is 16.1. The second kappa shape index (κ2) is 6.18. The van der Waals surface area contributed by atoms with Gasteiger partial charge in [-0.1, -0.05) is 26.7 Å². The highest BCUT2D eigenvalue weighted by Crippen LogP contribution is 2.29. The van der Waals surface area contributed by atoms with Crippen LogP contribution in [0.4, 0.5) is 0 Å². The van der Waals surface area contributed by atoms with E-state index >= 15 is 0 Å². The Morgan fingerprint density at radius 1 is 1.17 bits per heavy atom. The number of carbonyl (C=O) groups is 1. The zero-order valence-corrected chi connectivity index (χ0v) is 12.3. The van der Waals surface area contributed by atoms with E-state index in [4.69, 9.17) is 0 Å². The molecule has 2 heteroatoms. The zero-order chi connectivity index (χ0) is 13.1. The summed E-state index contributed by atoms with van der Waals surface area (Å²) >= 11 is 0. The minimum absolute atomic E-state index is 0.326. The molecule has 18 heavy (non-hydrogen) atoms. The molecule has 1 aliphatic carbocycles. The molecule has 0 aromatic heterocycles. The van der Waals surface area contributed by atoms with Gasteiger partial charge in [-0.05, 0) is 38.0 Å². The van der Waals surface area contributed by atoms with E-state index in [1.165, 1.54) is 25.8 Å². The van der Waals surface area contributed by atoms with Gasteiger partial charge in [0.2, 0.25) is 0 Å². The van der Waals surface area contributed by atoms with Crippen molar-refractivity contribution in [2.75, 3.05) is 13.1 Å². The van der Waals surface area contributed by atoms with E-state index in [9.17, 15) is 4.79 Å². The Balaban J connectivity index is 1.96. The van der Waals surface area contributed by atoms with Crippen LogP contribution in [0.15, 0.2) is 0 Å². The zero-order valence-electron chi connectivity index (χ0n) is 12.3. The molecule has 1 saturated carbocycles. The van der Waals surface area contributed by atoms with Gasteiger partial charge in [0.05, 0.1) is 0 Å². The van der Waals surface area contributed by atoms with Crippen LogP contribution >= 0.6 is 0 Å². The quantitative estimate of drug-likeness (QED) is 0.700. The number of carbonyl (C=O) groups excluding carboxylic acids is 1. The molecule has 0 spiro atoms. The molecule has 1 aliphatic heterocycles. The van der Waals surface area contributed by atoms with Crippen molar-refractivity contribution < 1.29 is 4.79 Å². The van der Waals surface area contributed by atoms with Crippen LogP contribution in [0.25, 0.3) is 0 Å². The van der Waals surface area contributed by atoms with Gasteiger partial charge in [-0.15, -0.1) is 0 Å². The Labute approximate surface area is 112 Å². The van der Waals surface area contributed by atoms with Crippen LogP contribution in [0.1, 0.15) is 59.3 Å². The number of rotatable bonds is 2. The Morgan fingerprint density at radius 2 is 1.94 bits per heavy atom. The minimum Gasteiger partial charge on any atom is -0.299 e. The SMILES string of the molecule is CC1CC(C)C(C)N(CC2CCCCCC2=O)C1. The third-order valence-electron chi connectivity index (χ3n) is 5.11. The number of nitrogens with zero attached hydrogens (tertiary/aromatic N) is 1. The average molecular weight is 251 g/mol. The standard InChI is InChI=1S/C16H29NO/c1-12-9-13(2)14(3)17(10-12)11-15-7-5-4-6-8-16(15)18/h12-15H,4-11H2,1-3H3. The van der Waals surface area contributed by atoms with Crippen LogP contribution in [0.2, 0.25) is 0 Å². The van der Waals surface area contributed by atoms with Crippen molar-refractivity contribution in [2.45, 2.75) is 65.3 Å². The van der Waals surface area contributed by atoms with Gasteiger partial charge in [0, 0.05) is 31.5 Å². The maximum absolute atomic E-state index is 12.1. The van der Waals surface area contributed by atoms with E-state index in [1.807, 2.05) is 0 Å². The summed E-state index contributed by atoms with van der Waals surface area (Å²) in [4.78, 5) is 14.7. The van der Waals surface area contributed by atoms with E-state index < -0.39 is 0 Å². The van der Waals surface area contributed by atoms with Crippen LogP contribution in [0.5, 0.6) is 0 Å². The second-order valence-corrected chi connectivity index (χ2v) is 6.78. The first-order valence-electron chi connectivity index (χ1n) is 7.84. The lowest BCUT2D eigenvalue weighted by Gasteiger charge is -2.42. The predicted molar refractivity (Wildman–Crippen MR) is 75.6 cm³/mol. The van der Waals surface area contributed by atoms with Crippen LogP contribution in [-0.4, -0.2) is 29.8 Å². The molecule has 104 valence electrons. The molecule has 0 aromatic rings. The number of hydrogen-bond acceptors (Lipinski definition) is 2. The molecule has 4 atom stereocenters. The fourth-order valence-corrected chi connectivity index (χ4v) is 3.78. The molecule has 0 N–H and O–H groups in total. The first kappa shape index (κ1) is 14.0. The Kier molecular flexibility index (Phi) is 4.83. The van der Waals surface area contributed by atoms with Crippen molar-refractivity contribution in [3.8, 4) is 0 Å². The van der Waals surface area contributed by atoms with Crippen LogP contribution < -0.4 is 0 Å². The van der Waals surface area contributed by atoms with Gasteiger partial charge in [-0.25, -0.2) is 0 Å². The van der Waals surface area contributed by atoms with Crippen molar-refractivity contribution in [1.82, 2.24) is 4.90 Å². The third kappa shape index (κ3) is 3.34. The Hall–Kier alpha value is -0.370. The van der Waals surface area contributed by atoms with E-state index in [0.717, 1.165) is 37.6 Å². The Morgan fingerprint density at radius 3 is 2.72 bits per heavy atom. The third-order valence-corrected chi connectivity index (χ3v) is 5.11. The molecule has 2 nitrogen and oxygen atoms in total. The summed E-state index contributed by atoms with van der Waals surface area (Å²) in [5.41, 5.74) is 0. The van der Waals surface area contributed by atoms with Gasteiger partial charge in [0.15, 0.2) is 0 Å². The number of piperidine rings is 1. The average Bonchev–Trinajstić information content (AvgIpc) is 2.51. The normalized spacial score (nSPS) is 39.6. The summed E-state index contributed by atoms with van der Waals surface area (Å²) in [5.74, 6) is 2.42. The van der Waals surface area contributed by atoms with Crippen molar-refractivity contribution in [1.29, 1.82) is 0 Å². The van der Waals surface area contributed by atoms with Gasteiger partial charge in [0.1, 0.15) is 5.78 Å². The van der Waals surface area contributed by atoms with E-state index in [1.54, 1.807) is 0 Å². The summed E-state index contributed by atoms with van der Waals surface area (Å²) in [6, 6.07) is 0.650. The molecule has 2 aliphatic rings. The molecule has 0 radical (unpaired) electrons. The Bertz CT molecular complexity index is 289. The topological polar surface area (TPSA) is 20.3 Å². The van der Waals surface area contributed by atoms with E-state index in [-0.39, 0.29) is 0 Å². The number of ketones is 1. The largest absolute Gasteiger partial charge is 0.299 e. The lowest BCUT2D eigenvalue weighted by Crippen LogP contribution is -2.48. The van der Waals surface area contributed by atoms with Crippen molar-refractivity contribution in [3.05, 3.63) is 0 Å². The molecule has 0 bridgehead atoms. The fraction of sp³-hybridized carbons (Fsp3) is 0.938. The van der Waals surface area contributed by atoms with Gasteiger partial charge in [-0.3, -0.25) is 9.69 Å². The molecule has 1 heterocycles. The molecular weight excluding hydrogens is 222 g/mol. The first-order chi connectivity index (χ1) is 8.58. The molecule has 0 amide bonds. The highest BCUT2D eigenvalue weighted by molar-refractivity contribution is 5.81. The second-order valence-electron chi connectivity index (χ2n) is 6.78. The summed E-state index contributed by atoms with van der Waals surface area (Å²) in [5, 5.41) is 0. The molecule has 0 aromatic carbocycles. The van der Waals surface area contributed by atoms with Gasteiger partial charge >= 0.3 is 0 Å². The number of likely N-dealkylation sites (tertiary alicyclic amines) is 1. The monoisotopic (exact) mass is 251 g/mol. The fourth-order valence-electron chi connectivity index (χ4n) is 3.78. The summed E-state index contributed by atoms with van der Waals surface area (Å²) in [7, 11) is 0. The van der Waals surface area contributed by atoms with E-state index in [2.05, 4.69) is 25.7 Å². The van der Waals surface area contributed by atoms with Gasteiger partial charge in [-0.2, -0.15) is 0 Å².